The van der Waals surface area contributed by atoms with E-state index >= 15 is 0 Å². The molecule has 20 heavy (non-hydrogen) atoms. The number of hydrogen-bond acceptors (Lipinski definition) is 6. The molecule has 0 aromatic carbocycles. The van der Waals surface area contributed by atoms with E-state index in [1.807, 2.05) is 0 Å². The summed E-state index contributed by atoms with van der Waals surface area (Å²) in [7, 11) is 0. The van der Waals surface area contributed by atoms with Crippen LogP contribution in [0.25, 0.3) is 0 Å². The van der Waals surface area contributed by atoms with E-state index in [9.17, 15) is 14.4 Å². The zero-order valence-corrected chi connectivity index (χ0v) is 12.1. The molecule has 0 aliphatic heterocycles. The molecule has 8 heteroatoms. The lowest BCUT2D eigenvalue weighted by atomic mass is 10.2. The second-order valence-electron chi connectivity index (χ2n) is 4.86. The molecule has 2 N–H and O–H groups in total. The van der Waals surface area contributed by atoms with Crippen LogP contribution in [0.1, 0.15) is 27.7 Å². The molecule has 0 saturated heterocycles. The van der Waals surface area contributed by atoms with E-state index in [2.05, 4.69) is 10.1 Å². The van der Waals surface area contributed by atoms with Crippen molar-refractivity contribution >= 4 is 18.0 Å². The third-order valence-corrected chi connectivity index (χ3v) is 1.80. The molecular weight excluding hydrogens is 270 g/mol. The van der Waals surface area contributed by atoms with Gasteiger partial charge in [0.05, 0.1) is 13.2 Å². The summed E-state index contributed by atoms with van der Waals surface area (Å²) in [5, 5.41) is 11.1. The summed E-state index contributed by atoms with van der Waals surface area (Å²) >= 11 is 0. The van der Waals surface area contributed by atoms with E-state index in [1.165, 1.54) is 0 Å². The van der Waals surface area contributed by atoms with Crippen molar-refractivity contribution in [2.75, 3.05) is 19.8 Å². The number of carboxylic acids is 1. The van der Waals surface area contributed by atoms with Crippen LogP contribution < -0.4 is 5.32 Å². The van der Waals surface area contributed by atoms with E-state index in [0.717, 1.165) is 0 Å². The molecule has 8 nitrogen and oxygen atoms in total. The van der Waals surface area contributed by atoms with Gasteiger partial charge in [-0.2, -0.15) is 0 Å². The van der Waals surface area contributed by atoms with Gasteiger partial charge in [0.2, 0.25) is 0 Å². The molecule has 1 amide bonds. The third-order valence-electron chi connectivity index (χ3n) is 1.80. The van der Waals surface area contributed by atoms with Gasteiger partial charge in [0.15, 0.2) is 6.04 Å². The maximum Gasteiger partial charge on any atom is 0.408 e. The zero-order chi connectivity index (χ0) is 15.8. The molecule has 0 fully saturated rings. The van der Waals surface area contributed by atoms with Gasteiger partial charge in [-0.05, 0) is 27.7 Å². The fourth-order valence-electron chi connectivity index (χ4n) is 1.09. The molecule has 0 saturated carbocycles. The van der Waals surface area contributed by atoms with E-state index in [-0.39, 0.29) is 19.8 Å². The van der Waals surface area contributed by atoms with Crippen LogP contribution in [0.15, 0.2) is 0 Å². The first-order valence-electron chi connectivity index (χ1n) is 6.11. The van der Waals surface area contributed by atoms with Crippen LogP contribution in [-0.2, 0) is 23.8 Å². The number of alkyl carbamates (subject to hydrolysis) is 1. The first-order chi connectivity index (χ1) is 9.15. The van der Waals surface area contributed by atoms with Gasteiger partial charge in [0, 0.05) is 0 Å². The lowest BCUT2D eigenvalue weighted by Crippen LogP contribution is -2.46. The number of nitrogens with one attached hydrogen (secondary N) is 1. The van der Waals surface area contributed by atoms with E-state index in [4.69, 9.17) is 14.6 Å². The highest BCUT2D eigenvalue weighted by Gasteiger charge is 2.24. The summed E-state index contributed by atoms with van der Waals surface area (Å²) in [6.07, 6.45) is -0.871. The van der Waals surface area contributed by atoms with Crippen LogP contribution in [0, 0.1) is 0 Å². The van der Waals surface area contributed by atoms with Gasteiger partial charge in [0.25, 0.3) is 0 Å². The van der Waals surface area contributed by atoms with Crippen molar-refractivity contribution in [1.29, 1.82) is 0 Å². The Bertz CT molecular complexity index is 348. The summed E-state index contributed by atoms with van der Waals surface area (Å²) < 4.78 is 14.4. The fourth-order valence-corrected chi connectivity index (χ4v) is 1.09. The number of esters is 1. The highest BCUT2D eigenvalue weighted by atomic mass is 16.6. The number of aliphatic carboxylic acids is 1. The number of rotatable bonds is 7. The number of carboxylic acid groups (broad SMARTS) is 1. The Balaban J connectivity index is 4.21. The van der Waals surface area contributed by atoms with Gasteiger partial charge < -0.3 is 24.6 Å². The van der Waals surface area contributed by atoms with Crippen molar-refractivity contribution in [3.63, 3.8) is 0 Å². The van der Waals surface area contributed by atoms with Gasteiger partial charge in [0.1, 0.15) is 12.2 Å². The minimum Gasteiger partial charge on any atom is -0.480 e. The highest BCUT2D eigenvalue weighted by molar-refractivity contribution is 5.80. The van der Waals surface area contributed by atoms with Crippen molar-refractivity contribution in [2.24, 2.45) is 0 Å². The molecular formula is C12H21NO7. The maximum absolute atomic E-state index is 11.4. The van der Waals surface area contributed by atoms with Gasteiger partial charge in [-0.1, -0.05) is 0 Å². The Morgan fingerprint density at radius 1 is 1.25 bits per heavy atom. The monoisotopic (exact) mass is 291 g/mol. The molecule has 0 aliphatic carbocycles. The third kappa shape index (κ3) is 9.15. The van der Waals surface area contributed by atoms with Crippen molar-refractivity contribution in [3.05, 3.63) is 0 Å². The van der Waals surface area contributed by atoms with Crippen LogP contribution in [0.4, 0.5) is 4.79 Å². The Kier molecular flexibility index (Phi) is 7.60. The average Bonchev–Trinajstić information content (AvgIpc) is 2.25. The van der Waals surface area contributed by atoms with Gasteiger partial charge >= 0.3 is 18.0 Å². The predicted molar refractivity (Wildman–Crippen MR) is 68.2 cm³/mol. The SMILES string of the molecule is CCOC(=O)COCC(NC(=O)OC(C)(C)C)C(=O)O. The standard InChI is InChI=1S/C12H21NO7/c1-5-19-9(14)7-18-6-8(10(15)16)13-11(17)20-12(2,3)4/h8H,5-7H2,1-4H3,(H,13,17)(H,15,16). The summed E-state index contributed by atoms with van der Waals surface area (Å²) in [6, 6.07) is -1.31. The Labute approximate surface area is 117 Å². The molecule has 1 atom stereocenters. The van der Waals surface area contributed by atoms with Crippen molar-refractivity contribution < 1.29 is 33.7 Å². The van der Waals surface area contributed by atoms with Crippen LogP contribution in [0.5, 0.6) is 0 Å². The molecule has 116 valence electrons. The molecule has 0 bridgehead atoms. The lowest BCUT2D eigenvalue weighted by Gasteiger charge is -2.21. The van der Waals surface area contributed by atoms with Crippen LogP contribution >= 0.6 is 0 Å². The van der Waals surface area contributed by atoms with Crippen molar-refractivity contribution in [2.45, 2.75) is 39.3 Å². The quantitative estimate of drug-likeness (QED) is 0.658. The second kappa shape index (κ2) is 8.36. The van der Waals surface area contributed by atoms with Gasteiger partial charge in [-0.15, -0.1) is 0 Å². The molecule has 0 rings (SSSR count). The van der Waals surface area contributed by atoms with Crippen LogP contribution in [0.3, 0.4) is 0 Å². The summed E-state index contributed by atoms with van der Waals surface area (Å²) in [4.78, 5) is 33.4. The number of carbonyl (C=O) groups excluding carboxylic acids is 2. The lowest BCUT2D eigenvalue weighted by molar-refractivity contribution is -0.151. The van der Waals surface area contributed by atoms with Gasteiger partial charge in [-0.3, -0.25) is 0 Å². The Morgan fingerprint density at radius 2 is 1.85 bits per heavy atom. The zero-order valence-electron chi connectivity index (χ0n) is 12.1. The van der Waals surface area contributed by atoms with E-state index in [0.29, 0.717) is 0 Å². The fraction of sp³-hybridized carbons (Fsp3) is 0.750. The summed E-state index contributed by atoms with van der Waals surface area (Å²) in [5.41, 5.74) is -0.737. The largest absolute Gasteiger partial charge is 0.480 e. The van der Waals surface area contributed by atoms with Crippen molar-refractivity contribution in [1.82, 2.24) is 5.32 Å². The smallest absolute Gasteiger partial charge is 0.408 e. The van der Waals surface area contributed by atoms with Crippen LogP contribution in [0.2, 0.25) is 0 Å². The molecule has 0 spiro atoms. The van der Waals surface area contributed by atoms with E-state index in [1.54, 1.807) is 27.7 Å². The number of carbonyl (C=O) groups is 3. The Morgan fingerprint density at radius 3 is 2.30 bits per heavy atom. The topological polar surface area (TPSA) is 111 Å². The molecule has 0 aliphatic rings. The minimum absolute atomic E-state index is 0.209. The minimum atomic E-state index is -1.31. The molecule has 0 aromatic heterocycles. The first-order valence-corrected chi connectivity index (χ1v) is 6.11. The highest BCUT2D eigenvalue weighted by Crippen LogP contribution is 2.06. The second-order valence-corrected chi connectivity index (χ2v) is 4.86. The van der Waals surface area contributed by atoms with Crippen molar-refractivity contribution in [3.8, 4) is 0 Å². The van der Waals surface area contributed by atoms with E-state index < -0.39 is 29.7 Å². The first kappa shape index (κ1) is 18.2. The molecule has 1 unspecified atom stereocenters. The maximum atomic E-state index is 11.4. The normalized spacial score (nSPS) is 12.4. The summed E-state index contributed by atoms with van der Waals surface area (Å²) in [5.74, 6) is -1.89. The van der Waals surface area contributed by atoms with Gasteiger partial charge in [-0.25, -0.2) is 14.4 Å². The number of ether oxygens (including phenoxy) is 3. The predicted octanol–water partition coefficient (Wildman–Crippen LogP) is 0.544. The number of amides is 1. The molecule has 0 aromatic rings. The summed E-state index contributed by atoms with van der Waals surface area (Å²) in [6.45, 7) is 6.06. The number of hydrogen-bond donors (Lipinski definition) is 2. The molecule has 0 heterocycles. The Hall–Kier alpha value is -1.83. The molecule has 0 radical (unpaired) electrons. The average molecular weight is 291 g/mol. The van der Waals surface area contributed by atoms with Crippen LogP contribution in [-0.4, -0.2) is 54.6 Å².